The highest BCUT2D eigenvalue weighted by Crippen LogP contribution is 2.22. The molecule has 0 unspecified atom stereocenters. The predicted octanol–water partition coefficient (Wildman–Crippen LogP) is 1.55. The van der Waals surface area contributed by atoms with Gasteiger partial charge in [0.25, 0.3) is 0 Å². The van der Waals surface area contributed by atoms with Crippen LogP contribution in [0, 0.1) is 11.8 Å². The molecule has 0 aromatic rings. The normalized spacial score (nSPS) is 23.9. The number of carbonyl (C=O) groups is 4. The predicted molar refractivity (Wildman–Crippen MR) is 128 cm³/mol. The molecule has 0 aromatic heterocycles. The fourth-order valence-electron chi connectivity index (χ4n) is 3.49. The minimum Gasteiger partial charge on any atom is -0.466 e. The van der Waals surface area contributed by atoms with E-state index in [9.17, 15) is 29.4 Å². The Morgan fingerprint density at radius 3 is 1.22 bits per heavy atom. The molecule has 12 nitrogen and oxygen atoms in total. The second-order valence-corrected chi connectivity index (χ2v) is 10.6. The third kappa shape index (κ3) is 10.2. The van der Waals surface area contributed by atoms with Gasteiger partial charge in [0.15, 0.2) is 0 Å². The van der Waals surface area contributed by atoms with Gasteiger partial charge in [-0.1, -0.05) is 0 Å². The zero-order valence-electron chi connectivity index (χ0n) is 22.6. The molecule has 208 valence electrons. The summed E-state index contributed by atoms with van der Waals surface area (Å²) in [4.78, 5) is 49.3. The van der Waals surface area contributed by atoms with E-state index < -0.39 is 59.4 Å². The highest BCUT2D eigenvalue weighted by molar-refractivity contribution is 5.77. The molecule has 0 radical (unpaired) electrons. The van der Waals surface area contributed by atoms with Crippen molar-refractivity contribution in [2.24, 2.45) is 11.8 Å². The summed E-state index contributed by atoms with van der Waals surface area (Å²) < 4.78 is 20.1. The van der Waals surface area contributed by atoms with Crippen molar-refractivity contribution < 1.29 is 48.3 Å². The summed E-state index contributed by atoms with van der Waals surface area (Å²) in [5.74, 6) is -2.32. The molecule has 0 aliphatic carbocycles. The fraction of sp³-hybridized carbons (Fsp3) is 0.833. The number of ether oxygens (including phenoxy) is 4. The Hall–Kier alpha value is -2.60. The van der Waals surface area contributed by atoms with Gasteiger partial charge in [0.05, 0.1) is 38.5 Å². The van der Waals surface area contributed by atoms with Gasteiger partial charge in [-0.25, -0.2) is 9.59 Å². The van der Waals surface area contributed by atoms with Crippen LogP contribution < -0.4 is 0 Å². The largest absolute Gasteiger partial charge is 0.466 e. The van der Waals surface area contributed by atoms with Crippen LogP contribution in [0.25, 0.3) is 0 Å². The lowest BCUT2D eigenvalue weighted by molar-refractivity contribution is -0.151. The van der Waals surface area contributed by atoms with Crippen LogP contribution in [0.2, 0.25) is 0 Å². The Bertz CT molecular complexity index is 710. The number of hydrogen-bond donors (Lipinski definition) is 2. The smallest absolute Gasteiger partial charge is 0.410 e. The zero-order valence-corrected chi connectivity index (χ0v) is 22.6. The summed E-state index contributed by atoms with van der Waals surface area (Å²) in [5, 5.41) is 19.5. The van der Waals surface area contributed by atoms with Crippen LogP contribution in [0.5, 0.6) is 0 Å². The monoisotopic (exact) mass is 518 g/mol. The van der Waals surface area contributed by atoms with Crippen LogP contribution >= 0.6 is 0 Å². The number of likely N-dealkylation sites (tertiary alicyclic amines) is 2. The molecule has 2 N–H and O–H groups in total. The molecule has 0 saturated carbocycles. The number of β-amino-alcohol motifs (C(OH)–C–C–N with tert-alkyl or cyclic N) is 2. The fourth-order valence-corrected chi connectivity index (χ4v) is 3.49. The Labute approximate surface area is 212 Å². The maximum absolute atomic E-state index is 11.8. The summed E-state index contributed by atoms with van der Waals surface area (Å²) in [5.41, 5.74) is -1.19. The third-order valence-electron chi connectivity index (χ3n) is 5.06. The topological polar surface area (TPSA) is 152 Å². The first-order valence-electron chi connectivity index (χ1n) is 12.1. The van der Waals surface area contributed by atoms with Crippen LogP contribution in [-0.4, -0.2) is 107 Å². The highest BCUT2D eigenvalue weighted by Gasteiger charge is 2.42. The lowest BCUT2D eigenvalue weighted by Gasteiger charge is -2.24. The van der Waals surface area contributed by atoms with E-state index in [1.807, 2.05) is 0 Å². The van der Waals surface area contributed by atoms with E-state index in [4.69, 9.17) is 18.9 Å². The van der Waals surface area contributed by atoms with E-state index in [1.54, 1.807) is 55.4 Å². The van der Waals surface area contributed by atoms with E-state index in [0.29, 0.717) is 0 Å². The summed E-state index contributed by atoms with van der Waals surface area (Å²) in [6.45, 7) is 15.0. The van der Waals surface area contributed by atoms with Crippen LogP contribution in [-0.2, 0) is 28.5 Å². The summed E-state index contributed by atoms with van der Waals surface area (Å²) in [6, 6.07) is 0. The molecule has 2 aliphatic heterocycles. The van der Waals surface area contributed by atoms with Crippen LogP contribution in [0.1, 0.15) is 55.4 Å². The number of carbonyl (C=O) groups excluding carboxylic acids is 4. The maximum atomic E-state index is 11.8. The van der Waals surface area contributed by atoms with Gasteiger partial charge in [-0.3, -0.25) is 9.59 Å². The van der Waals surface area contributed by atoms with E-state index in [1.165, 1.54) is 9.80 Å². The summed E-state index contributed by atoms with van der Waals surface area (Å²) in [6.07, 6.45) is -2.82. The molecule has 2 rings (SSSR count). The summed E-state index contributed by atoms with van der Waals surface area (Å²) >= 11 is 0. The van der Waals surface area contributed by atoms with E-state index in [-0.39, 0.29) is 39.4 Å². The first-order chi connectivity index (χ1) is 16.5. The molecule has 0 spiro atoms. The number of nitrogens with zero attached hydrogens (tertiary/aromatic N) is 2. The minimum atomic E-state index is -0.892. The average molecular weight is 519 g/mol. The van der Waals surface area contributed by atoms with Crippen LogP contribution in [0.15, 0.2) is 0 Å². The molecule has 2 saturated heterocycles. The van der Waals surface area contributed by atoms with Gasteiger partial charge >= 0.3 is 24.1 Å². The third-order valence-corrected chi connectivity index (χ3v) is 5.06. The molecular formula is C24H42N2O10. The number of aliphatic hydroxyl groups excluding tert-OH is 2. The van der Waals surface area contributed by atoms with Crippen LogP contribution in [0.4, 0.5) is 9.59 Å². The van der Waals surface area contributed by atoms with Gasteiger partial charge in [-0.2, -0.15) is 0 Å². The molecule has 12 heteroatoms. The SMILES string of the molecule is CCOC(=O)[C@@H]1CN(C(=O)OC(C)(C)C)C[C@H]1O.CCOC(=O)[C@H]1CN(C(=O)OC(C)(C)C)C[C@@H]1O. The van der Waals surface area contributed by atoms with Crippen molar-refractivity contribution in [2.75, 3.05) is 39.4 Å². The van der Waals surface area contributed by atoms with Crippen molar-refractivity contribution >= 4 is 24.1 Å². The standard InChI is InChI=1S/2C12H21NO5/c2*1-5-17-10(15)8-6-13(7-9(8)14)11(16)18-12(2,3)4/h2*8-9,14H,5-7H2,1-4H3/t2*8-,9-/m10/s1. The van der Waals surface area contributed by atoms with Crippen molar-refractivity contribution in [3.05, 3.63) is 0 Å². The van der Waals surface area contributed by atoms with Gasteiger partial charge in [-0.15, -0.1) is 0 Å². The van der Waals surface area contributed by atoms with Gasteiger partial charge in [0.1, 0.15) is 23.0 Å². The number of esters is 2. The highest BCUT2D eigenvalue weighted by atomic mass is 16.6. The Morgan fingerprint density at radius 2 is 0.972 bits per heavy atom. The van der Waals surface area contributed by atoms with Crippen molar-refractivity contribution in [1.82, 2.24) is 9.80 Å². The molecule has 2 aliphatic rings. The Kier molecular flexibility index (Phi) is 11.4. The molecule has 2 fully saturated rings. The second kappa shape index (κ2) is 13.1. The molecule has 2 heterocycles. The molecule has 2 amide bonds. The number of aliphatic hydroxyl groups is 2. The van der Waals surface area contributed by atoms with Crippen molar-refractivity contribution in [3.8, 4) is 0 Å². The lowest BCUT2D eigenvalue weighted by atomic mass is 10.1. The van der Waals surface area contributed by atoms with Crippen molar-refractivity contribution in [1.29, 1.82) is 0 Å². The maximum Gasteiger partial charge on any atom is 0.410 e. The van der Waals surface area contributed by atoms with E-state index in [0.717, 1.165) is 0 Å². The minimum absolute atomic E-state index is 0.0956. The van der Waals surface area contributed by atoms with E-state index >= 15 is 0 Å². The first kappa shape index (κ1) is 31.4. The average Bonchev–Trinajstić information content (AvgIpc) is 3.29. The summed E-state index contributed by atoms with van der Waals surface area (Å²) in [7, 11) is 0. The number of amides is 2. The van der Waals surface area contributed by atoms with Gasteiger partial charge < -0.3 is 39.0 Å². The van der Waals surface area contributed by atoms with E-state index in [2.05, 4.69) is 0 Å². The van der Waals surface area contributed by atoms with Gasteiger partial charge in [-0.05, 0) is 55.4 Å². The van der Waals surface area contributed by atoms with Crippen molar-refractivity contribution in [3.63, 3.8) is 0 Å². The number of hydrogen-bond acceptors (Lipinski definition) is 10. The second-order valence-electron chi connectivity index (χ2n) is 10.6. The molecule has 0 aromatic carbocycles. The van der Waals surface area contributed by atoms with Crippen molar-refractivity contribution in [2.45, 2.75) is 78.8 Å². The molecule has 36 heavy (non-hydrogen) atoms. The molecule has 0 bridgehead atoms. The number of rotatable bonds is 4. The first-order valence-corrected chi connectivity index (χ1v) is 12.1. The Balaban J connectivity index is 0.000000360. The lowest BCUT2D eigenvalue weighted by Crippen LogP contribution is -2.36. The molecule has 4 atom stereocenters. The van der Waals surface area contributed by atoms with Gasteiger partial charge in [0, 0.05) is 13.1 Å². The van der Waals surface area contributed by atoms with Gasteiger partial charge in [0.2, 0.25) is 0 Å². The Morgan fingerprint density at radius 1 is 0.667 bits per heavy atom. The quantitative estimate of drug-likeness (QED) is 0.414. The zero-order chi connectivity index (χ0) is 27.8. The van der Waals surface area contributed by atoms with Crippen LogP contribution in [0.3, 0.4) is 0 Å². The molecular weight excluding hydrogens is 476 g/mol.